The summed E-state index contributed by atoms with van der Waals surface area (Å²) >= 11 is 1.71. The summed E-state index contributed by atoms with van der Waals surface area (Å²) in [5, 5.41) is 39.0. The summed E-state index contributed by atoms with van der Waals surface area (Å²) in [4.78, 5) is 100. The molecule has 0 aliphatic carbocycles. The number of ketones is 1. The second-order valence-corrected chi connectivity index (χ2v) is 20.9. The second-order valence-electron chi connectivity index (χ2n) is 19.7. The Morgan fingerprint density at radius 1 is 0.620 bits per heavy atom. The molecule has 1 aromatic heterocycles. The lowest BCUT2D eigenvalue weighted by Gasteiger charge is -2.27. The zero-order valence-electron chi connectivity index (χ0n) is 46.9. The number of ether oxygens (including phenoxy) is 6. The smallest absolute Gasteiger partial charge is 0.348 e. The minimum absolute atomic E-state index is 0.0629. The Balaban J connectivity index is 1.41. The van der Waals surface area contributed by atoms with E-state index in [1.54, 1.807) is 80.2 Å². The van der Waals surface area contributed by atoms with Crippen LogP contribution in [0.4, 0.5) is 0 Å². The zero-order chi connectivity index (χ0) is 58.0. The molecule has 1 aliphatic rings. The molecule has 0 radical (unpaired) electrons. The normalized spacial score (nSPS) is 16.8. The van der Waals surface area contributed by atoms with Crippen molar-refractivity contribution in [1.29, 1.82) is 0 Å². The molecule has 0 spiro atoms. The molecule has 2 aromatic carbocycles. The maximum atomic E-state index is 13.8. The molecule has 1 fully saturated rings. The van der Waals surface area contributed by atoms with Crippen molar-refractivity contribution in [3.8, 4) is 5.69 Å². The Labute approximate surface area is 467 Å². The number of nitrogens with one attached hydrogen (secondary N) is 1. The van der Waals surface area contributed by atoms with Crippen LogP contribution in [0.1, 0.15) is 89.8 Å². The first-order chi connectivity index (χ1) is 37.6. The van der Waals surface area contributed by atoms with Crippen molar-refractivity contribution in [2.75, 3.05) is 90.0 Å². The Hall–Kier alpha value is -5.86. The number of hydrogen-bond acceptors (Lipinski definition) is 22. The Morgan fingerprint density at radius 2 is 1.13 bits per heavy atom. The van der Waals surface area contributed by atoms with Gasteiger partial charge in [0, 0.05) is 70.1 Å². The Kier molecular flexibility index (Phi) is 28.5. The summed E-state index contributed by atoms with van der Waals surface area (Å²) in [6.07, 6.45) is -8.98. The van der Waals surface area contributed by atoms with Gasteiger partial charge in [-0.2, -0.15) is 11.8 Å². The summed E-state index contributed by atoms with van der Waals surface area (Å²) in [6.45, 7) is 20.6. The highest BCUT2D eigenvalue weighted by molar-refractivity contribution is 7.99. The maximum absolute atomic E-state index is 13.8. The van der Waals surface area contributed by atoms with Crippen LogP contribution < -0.4 is 4.90 Å². The van der Waals surface area contributed by atoms with Crippen LogP contribution in [0.2, 0.25) is 0 Å². The third kappa shape index (κ3) is 23.8. The molecule has 8 atom stereocenters. The van der Waals surface area contributed by atoms with Crippen LogP contribution in [0.25, 0.3) is 5.69 Å². The molecule has 1 saturated heterocycles. The third-order valence-corrected chi connectivity index (χ3v) is 14.0. The molecule has 24 heteroatoms. The summed E-state index contributed by atoms with van der Waals surface area (Å²) < 4.78 is 33.0. The highest BCUT2D eigenvalue weighted by Crippen LogP contribution is 2.17. The van der Waals surface area contributed by atoms with Crippen molar-refractivity contribution in [3.63, 3.8) is 0 Å². The zero-order valence-corrected chi connectivity index (χ0v) is 47.7. The second kappa shape index (κ2) is 34.3. The van der Waals surface area contributed by atoms with Crippen molar-refractivity contribution in [2.45, 2.75) is 130 Å². The number of aliphatic hydroxyl groups is 3. The third-order valence-electron chi connectivity index (χ3n) is 12.9. The van der Waals surface area contributed by atoms with Crippen molar-refractivity contribution < 1.29 is 82.2 Å². The van der Waals surface area contributed by atoms with Crippen LogP contribution >= 0.6 is 11.8 Å². The summed E-state index contributed by atoms with van der Waals surface area (Å²) in [5.41, 5.74) is 1.74. The molecule has 438 valence electrons. The lowest BCUT2D eigenvalue weighted by Crippen LogP contribution is -3.11. The number of thioether (sulfide) groups is 1. The minimum Gasteiger partial charge on any atom is -0.458 e. The lowest BCUT2D eigenvalue weighted by atomic mass is 10.1. The van der Waals surface area contributed by atoms with Gasteiger partial charge in [0.1, 0.15) is 6.61 Å². The van der Waals surface area contributed by atoms with Gasteiger partial charge in [-0.1, -0.05) is 35.5 Å². The predicted octanol–water partition coefficient (Wildman–Crippen LogP) is 0.855. The number of aromatic nitrogens is 3. The molecule has 0 bridgehead atoms. The monoisotopic (exact) mass is 1130 g/mol. The average molecular weight is 1130 g/mol. The highest BCUT2D eigenvalue weighted by Gasteiger charge is 2.35. The van der Waals surface area contributed by atoms with E-state index in [-0.39, 0.29) is 31.0 Å². The Morgan fingerprint density at radius 3 is 1.67 bits per heavy atom. The maximum Gasteiger partial charge on any atom is 0.348 e. The predicted molar refractivity (Wildman–Crippen MR) is 290 cm³/mol. The average Bonchev–Trinajstić information content (AvgIpc) is 3.95. The number of nitrogens with zero attached hydrogens (tertiary/aromatic N) is 6. The molecular formula is C55H82N7O16S+. The molecule has 4 rings (SSSR count). The van der Waals surface area contributed by atoms with Crippen molar-refractivity contribution in [1.82, 2.24) is 29.7 Å². The molecule has 6 unspecified atom stereocenters. The quantitative estimate of drug-likeness (QED) is 0.0292. The minimum atomic E-state index is -1.81. The largest absolute Gasteiger partial charge is 0.458 e. The van der Waals surface area contributed by atoms with Crippen molar-refractivity contribution in [2.24, 2.45) is 0 Å². The fourth-order valence-corrected chi connectivity index (χ4v) is 9.17. The number of Topliss-reactive ketones (excluding diaryl/α,β-unsaturated/α-hetero) is 1. The van der Waals surface area contributed by atoms with E-state index in [4.69, 9.17) is 28.4 Å². The van der Waals surface area contributed by atoms with Crippen LogP contribution in [-0.4, -0.2) is 225 Å². The van der Waals surface area contributed by atoms with Crippen molar-refractivity contribution >= 4 is 53.4 Å². The molecular weight excluding hydrogens is 1050 g/mol. The van der Waals surface area contributed by atoms with Gasteiger partial charge in [-0.3, -0.25) is 19.5 Å². The summed E-state index contributed by atoms with van der Waals surface area (Å²) in [7, 11) is 0. The summed E-state index contributed by atoms with van der Waals surface area (Å²) in [5.74, 6) is -5.10. The molecule has 4 N–H and O–H groups in total. The van der Waals surface area contributed by atoms with Gasteiger partial charge in [0.15, 0.2) is 36.3 Å². The number of rotatable bonds is 32. The summed E-state index contributed by atoms with van der Waals surface area (Å²) in [6, 6.07) is 15.4. The molecule has 23 nitrogen and oxygen atoms in total. The van der Waals surface area contributed by atoms with Gasteiger partial charge < -0.3 is 48.6 Å². The number of benzene rings is 2. The molecule has 79 heavy (non-hydrogen) atoms. The molecule has 2 heterocycles. The van der Waals surface area contributed by atoms with E-state index in [9.17, 15) is 48.9 Å². The SMILES string of the molecule is CC[NH+](CC)CCSCCCC(O)C(=O)OC(C)C(=O)OC(Cc1cn(-c2ccc(C(=O)CN3CCN(C[C@H](C)O)CCN(C[C@H](C)O)CC3)cc2)nn1)C(=O)OC(C)C(=O)OC(C)C(=O)OC(C)C(=O)OCc1ccccc1. The van der Waals surface area contributed by atoms with E-state index < -0.39 is 91.1 Å². The van der Waals surface area contributed by atoms with Crippen molar-refractivity contribution in [3.05, 3.63) is 77.6 Å². The van der Waals surface area contributed by atoms with Gasteiger partial charge >= 0.3 is 35.8 Å². The number of carbonyl (C=O) groups is 7. The van der Waals surface area contributed by atoms with Gasteiger partial charge in [0.25, 0.3) is 0 Å². The van der Waals surface area contributed by atoms with Gasteiger partial charge in [0.05, 0.1) is 56.0 Å². The van der Waals surface area contributed by atoms with Crippen LogP contribution in [0.3, 0.4) is 0 Å². The number of quaternary nitrogens is 1. The first kappa shape index (κ1) is 65.7. The topological polar surface area (TPSA) is 280 Å². The first-order valence-corrected chi connectivity index (χ1v) is 28.2. The number of aliphatic hydroxyl groups excluding tert-OH is 3. The standard InChI is InChI=1S/C55H81N7O16S/c1-9-58(10-2)28-30-79-29-14-17-47(65)54(71)76-42(8)53(70)78-49(55(72)77-41(7)52(69)75-40(6)51(68)74-39(5)50(67)73-36-43-15-12-11-13-16-43)31-45-34-62(57-56-45)46-20-18-44(19-21-46)48(66)35-61-26-24-59(32-37(3)63)22-23-60(25-27-61)33-38(4)64/h11-13,15-16,18-21,34,37-42,47,49,63-65H,9-10,14,17,22-33,35-36H2,1-8H3/p+1/t37-,38-,39?,40?,41?,42?,47?,49?/m0/s1. The van der Waals surface area contributed by atoms with E-state index in [2.05, 4.69) is 38.9 Å². The fourth-order valence-electron chi connectivity index (χ4n) is 8.17. The van der Waals surface area contributed by atoms with Gasteiger partial charge in [-0.05, 0) is 104 Å². The highest BCUT2D eigenvalue weighted by atomic mass is 32.2. The van der Waals surface area contributed by atoms with Gasteiger partial charge in [-0.15, -0.1) is 5.10 Å². The Bertz CT molecular complexity index is 2350. The van der Waals surface area contributed by atoms with E-state index >= 15 is 0 Å². The molecule has 0 saturated carbocycles. The number of hydrogen-bond donors (Lipinski definition) is 4. The molecule has 0 amide bonds. The number of carbonyl (C=O) groups excluding carboxylic acids is 7. The van der Waals surface area contributed by atoms with E-state index in [0.717, 1.165) is 45.4 Å². The van der Waals surface area contributed by atoms with Crippen LogP contribution in [-0.2, 0) is 70.2 Å². The molecule has 3 aromatic rings. The van der Waals surface area contributed by atoms with Crippen LogP contribution in [0, 0.1) is 0 Å². The van der Waals surface area contributed by atoms with Gasteiger partial charge in [0.2, 0.25) is 6.10 Å². The number of esters is 6. The lowest BCUT2D eigenvalue weighted by molar-refractivity contribution is -0.893. The van der Waals surface area contributed by atoms with Gasteiger partial charge in [-0.25, -0.2) is 33.4 Å². The molecule has 1 aliphatic heterocycles. The van der Waals surface area contributed by atoms with Crippen LogP contribution in [0.5, 0.6) is 0 Å². The van der Waals surface area contributed by atoms with Crippen LogP contribution in [0.15, 0.2) is 60.8 Å². The van der Waals surface area contributed by atoms with E-state index in [0.29, 0.717) is 68.3 Å². The number of β-amino-alcohol motifs (C(OH)–C–C–N with tert-alkyl or cyclic N) is 2. The first-order valence-electron chi connectivity index (χ1n) is 27.1. The fraction of sp³-hybridized carbons (Fsp3) is 0.618. The van der Waals surface area contributed by atoms with E-state index in [1.807, 2.05) is 0 Å². The van der Waals surface area contributed by atoms with E-state index in [1.165, 1.54) is 36.5 Å².